The molecule has 134 valence electrons. The van der Waals surface area contributed by atoms with E-state index in [1.165, 1.54) is 36.3 Å². The van der Waals surface area contributed by atoms with Gasteiger partial charge in [-0.25, -0.2) is 0 Å². The Bertz CT molecular complexity index is 1020. The number of nitrogens with zero attached hydrogens (tertiary/aromatic N) is 1. The zero-order valence-corrected chi connectivity index (χ0v) is 15.3. The molecule has 26 heavy (non-hydrogen) atoms. The fourth-order valence-corrected chi connectivity index (χ4v) is 3.68. The van der Waals surface area contributed by atoms with E-state index in [1.807, 2.05) is 18.4 Å². The van der Waals surface area contributed by atoms with Gasteiger partial charge in [-0.3, -0.25) is 14.5 Å². The first-order valence-electron chi connectivity index (χ1n) is 7.46. The van der Waals surface area contributed by atoms with Gasteiger partial charge < -0.3 is 9.73 Å². The van der Waals surface area contributed by atoms with Crippen LogP contribution in [0.1, 0.15) is 10.6 Å². The summed E-state index contributed by atoms with van der Waals surface area (Å²) in [5, 5.41) is 2.36. The maximum absolute atomic E-state index is 12.3. The van der Waals surface area contributed by atoms with Crippen molar-refractivity contribution in [2.75, 3.05) is 16.3 Å². The molecule has 0 unspecified atom stereocenters. The van der Waals surface area contributed by atoms with E-state index in [0.717, 1.165) is 4.90 Å². The molecule has 0 saturated carbocycles. The van der Waals surface area contributed by atoms with Crippen molar-refractivity contribution in [3.05, 3.63) is 66.7 Å². The van der Waals surface area contributed by atoms with Crippen LogP contribution in [0.15, 0.2) is 75.3 Å². The number of rotatable bonds is 6. The molecule has 0 atom stereocenters. The second-order valence-corrected chi connectivity index (χ2v) is 7.58. The fraction of sp³-hybridized carbons (Fsp3) is 0.0588. The summed E-state index contributed by atoms with van der Waals surface area (Å²) in [6.07, 6.45) is 4.79. The Kier molecular flexibility index (Phi) is 5.29. The fourth-order valence-electron chi connectivity index (χ4n) is 2.15. The summed E-state index contributed by atoms with van der Waals surface area (Å²) in [5.74, 6) is -0.637. The summed E-state index contributed by atoms with van der Waals surface area (Å²) >= 11 is 1.49. The summed E-state index contributed by atoms with van der Waals surface area (Å²) in [6.45, 7) is 0. The average Bonchev–Trinajstić information content (AvgIpc) is 3.14. The largest absolute Gasteiger partial charge is 0.438 e. The number of sulfonamides is 1. The van der Waals surface area contributed by atoms with Crippen LogP contribution in [-0.2, 0) is 10.0 Å². The van der Waals surface area contributed by atoms with E-state index in [4.69, 9.17) is 4.42 Å². The molecule has 1 aromatic carbocycles. The van der Waals surface area contributed by atoms with Crippen LogP contribution in [0.2, 0.25) is 0 Å². The lowest BCUT2D eigenvalue weighted by Crippen LogP contribution is -2.13. The van der Waals surface area contributed by atoms with Gasteiger partial charge in [0.2, 0.25) is 5.09 Å². The predicted octanol–water partition coefficient (Wildman–Crippen LogP) is 3.45. The molecule has 0 spiro atoms. The van der Waals surface area contributed by atoms with E-state index in [0.29, 0.717) is 11.4 Å². The Morgan fingerprint density at radius 2 is 1.92 bits per heavy atom. The number of carbonyl (C=O) groups is 1. The second kappa shape index (κ2) is 7.63. The first-order valence-corrected chi connectivity index (χ1v) is 10.2. The lowest BCUT2D eigenvalue weighted by Gasteiger charge is -2.08. The minimum absolute atomic E-state index is 0.104. The molecule has 1 amide bonds. The number of hydrogen-bond acceptors (Lipinski definition) is 6. The van der Waals surface area contributed by atoms with Crippen molar-refractivity contribution in [3.63, 3.8) is 0 Å². The Hall–Kier alpha value is -2.78. The Morgan fingerprint density at radius 1 is 1.12 bits per heavy atom. The molecule has 3 aromatic rings. The van der Waals surface area contributed by atoms with Crippen molar-refractivity contribution in [3.8, 4) is 0 Å². The smallest absolute Gasteiger partial charge is 0.295 e. The number of para-hydroxylation sites is 1. The zero-order valence-electron chi connectivity index (χ0n) is 13.7. The first kappa shape index (κ1) is 18.0. The normalized spacial score (nSPS) is 11.1. The van der Waals surface area contributed by atoms with Crippen molar-refractivity contribution in [1.29, 1.82) is 0 Å². The highest BCUT2D eigenvalue weighted by atomic mass is 32.2. The number of aromatic nitrogens is 1. The van der Waals surface area contributed by atoms with Gasteiger partial charge in [-0.1, -0.05) is 12.1 Å². The van der Waals surface area contributed by atoms with Crippen LogP contribution in [0.4, 0.5) is 11.4 Å². The van der Waals surface area contributed by atoms with Gasteiger partial charge in [0.1, 0.15) is 0 Å². The van der Waals surface area contributed by atoms with Crippen LogP contribution in [0.3, 0.4) is 0 Å². The van der Waals surface area contributed by atoms with Crippen molar-refractivity contribution in [1.82, 2.24) is 4.98 Å². The average molecular weight is 389 g/mol. The molecule has 3 rings (SSSR count). The second-order valence-electron chi connectivity index (χ2n) is 5.12. The third-order valence-corrected chi connectivity index (χ3v) is 5.39. The Balaban J connectivity index is 1.77. The standard InChI is InChI=1S/C17H15N3O4S2/c1-25-15-7-3-2-6-13(15)19-17(21)14-8-9-16(24-14)26(22,23)20-12-5-4-10-18-11-12/h2-11,20H,1H3,(H,19,21). The monoisotopic (exact) mass is 389 g/mol. The third-order valence-electron chi connectivity index (χ3n) is 3.34. The maximum Gasteiger partial charge on any atom is 0.295 e. The quantitative estimate of drug-likeness (QED) is 0.626. The van der Waals surface area contributed by atoms with E-state index in [2.05, 4.69) is 15.0 Å². The molecule has 0 saturated heterocycles. The molecule has 2 aromatic heterocycles. The number of carbonyl (C=O) groups excluding carboxylic acids is 1. The number of anilines is 2. The van der Waals surface area contributed by atoms with Gasteiger partial charge in [0.05, 0.1) is 17.6 Å². The number of furan rings is 1. The van der Waals surface area contributed by atoms with Crippen LogP contribution in [0.25, 0.3) is 0 Å². The lowest BCUT2D eigenvalue weighted by molar-refractivity contribution is 0.0991. The van der Waals surface area contributed by atoms with E-state index >= 15 is 0 Å². The molecule has 0 aliphatic rings. The van der Waals surface area contributed by atoms with Gasteiger partial charge in [0.15, 0.2) is 5.76 Å². The summed E-state index contributed by atoms with van der Waals surface area (Å²) in [6, 6.07) is 13.0. The molecule has 7 nitrogen and oxygen atoms in total. The highest BCUT2D eigenvalue weighted by molar-refractivity contribution is 7.98. The number of amides is 1. The molecule has 0 aliphatic heterocycles. The van der Waals surface area contributed by atoms with Gasteiger partial charge in [-0.2, -0.15) is 8.42 Å². The topological polar surface area (TPSA) is 101 Å². The molecule has 0 aliphatic carbocycles. The van der Waals surface area contributed by atoms with E-state index in [1.54, 1.807) is 24.3 Å². The van der Waals surface area contributed by atoms with E-state index < -0.39 is 15.9 Å². The molecule has 0 radical (unpaired) electrons. The third kappa shape index (κ3) is 4.06. The molecule has 2 N–H and O–H groups in total. The Labute approximate surface area is 154 Å². The van der Waals surface area contributed by atoms with E-state index in [-0.39, 0.29) is 10.9 Å². The number of thioether (sulfide) groups is 1. The van der Waals surface area contributed by atoms with Gasteiger partial charge >= 0.3 is 0 Å². The Morgan fingerprint density at radius 3 is 2.65 bits per heavy atom. The lowest BCUT2D eigenvalue weighted by atomic mass is 10.3. The molecule has 0 fully saturated rings. The van der Waals surface area contributed by atoms with Gasteiger partial charge in [0, 0.05) is 11.1 Å². The highest BCUT2D eigenvalue weighted by Gasteiger charge is 2.22. The first-order chi connectivity index (χ1) is 12.5. The van der Waals surface area contributed by atoms with Crippen LogP contribution in [-0.4, -0.2) is 25.6 Å². The van der Waals surface area contributed by atoms with Crippen molar-refractivity contribution in [2.45, 2.75) is 9.99 Å². The van der Waals surface area contributed by atoms with Crippen LogP contribution >= 0.6 is 11.8 Å². The van der Waals surface area contributed by atoms with E-state index in [9.17, 15) is 13.2 Å². The molecule has 2 heterocycles. The summed E-state index contributed by atoms with van der Waals surface area (Å²) in [5.41, 5.74) is 0.920. The van der Waals surface area contributed by atoms with Gasteiger partial charge in [0.25, 0.3) is 15.9 Å². The van der Waals surface area contributed by atoms with Gasteiger partial charge in [-0.05, 0) is 42.7 Å². The van der Waals surface area contributed by atoms with Gasteiger partial charge in [-0.15, -0.1) is 11.8 Å². The van der Waals surface area contributed by atoms with Crippen molar-refractivity contribution >= 4 is 39.1 Å². The van der Waals surface area contributed by atoms with Crippen molar-refractivity contribution < 1.29 is 17.6 Å². The summed E-state index contributed by atoms with van der Waals surface area (Å²) in [7, 11) is -3.95. The molecular formula is C17H15N3O4S2. The number of hydrogen-bond donors (Lipinski definition) is 2. The van der Waals surface area contributed by atoms with Crippen molar-refractivity contribution in [2.24, 2.45) is 0 Å². The predicted molar refractivity (Wildman–Crippen MR) is 99.9 cm³/mol. The maximum atomic E-state index is 12.3. The minimum Gasteiger partial charge on any atom is -0.438 e. The molecular weight excluding hydrogens is 374 g/mol. The minimum atomic E-state index is -3.95. The van der Waals surface area contributed by atoms with Crippen LogP contribution < -0.4 is 10.0 Å². The SMILES string of the molecule is CSc1ccccc1NC(=O)c1ccc(S(=O)(=O)Nc2cccnc2)o1. The summed E-state index contributed by atoms with van der Waals surface area (Å²) < 4.78 is 32.2. The number of nitrogens with one attached hydrogen (secondary N) is 2. The van der Waals surface area contributed by atoms with Crippen LogP contribution in [0.5, 0.6) is 0 Å². The molecule has 9 heteroatoms. The van der Waals surface area contributed by atoms with Crippen LogP contribution in [0, 0.1) is 0 Å². The summed E-state index contributed by atoms with van der Waals surface area (Å²) in [4.78, 5) is 17.1. The highest BCUT2D eigenvalue weighted by Crippen LogP contribution is 2.25. The zero-order chi connectivity index (χ0) is 18.6. The molecule has 0 bridgehead atoms. The number of pyridine rings is 1. The number of benzene rings is 1.